The van der Waals surface area contributed by atoms with E-state index in [4.69, 9.17) is 4.74 Å². The van der Waals surface area contributed by atoms with Gasteiger partial charge in [-0.15, -0.1) is 0 Å². The van der Waals surface area contributed by atoms with Gasteiger partial charge in [-0.1, -0.05) is 20.8 Å². The average Bonchev–Trinajstić information content (AvgIpc) is 2.23. The van der Waals surface area contributed by atoms with Crippen molar-refractivity contribution in [2.24, 2.45) is 0 Å². The first-order chi connectivity index (χ1) is 8.54. The minimum absolute atomic E-state index is 0.0844. The molecule has 0 saturated carbocycles. The van der Waals surface area contributed by atoms with Crippen LogP contribution in [0.15, 0.2) is 0 Å². The van der Waals surface area contributed by atoms with E-state index >= 15 is 0 Å². The summed E-state index contributed by atoms with van der Waals surface area (Å²) in [5.74, 6) is 1.45. The zero-order chi connectivity index (χ0) is 14.6. The van der Waals surface area contributed by atoms with Gasteiger partial charge in [-0.3, -0.25) is 0 Å². The first-order valence-corrected chi connectivity index (χ1v) is 7.09. The molecule has 2 rings (SSSR count). The Kier molecular flexibility index (Phi) is 3.11. The third-order valence-electron chi connectivity index (χ3n) is 4.14. The monoisotopic (exact) mass is 262 g/mol. The van der Waals surface area contributed by atoms with Crippen LogP contribution >= 0.6 is 0 Å². The summed E-state index contributed by atoms with van der Waals surface area (Å²) in [5, 5.41) is 10.5. The molecule has 0 radical (unpaired) electrons. The van der Waals surface area contributed by atoms with E-state index in [9.17, 15) is 5.11 Å². The Bertz CT molecular complexity index is 519. The van der Waals surface area contributed by atoms with Gasteiger partial charge in [0.25, 0.3) is 0 Å². The number of benzene rings is 1. The third-order valence-corrected chi connectivity index (χ3v) is 4.14. The molecule has 0 aromatic heterocycles. The number of hydrogen-bond donors (Lipinski definition) is 1. The lowest BCUT2D eigenvalue weighted by atomic mass is 9.79. The number of aromatic hydroxyl groups is 1. The molecule has 2 nitrogen and oxygen atoms in total. The normalized spacial score (nSPS) is 17.8. The van der Waals surface area contributed by atoms with Gasteiger partial charge in [-0.05, 0) is 57.1 Å². The quantitative estimate of drug-likeness (QED) is 0.750. The number of hydrogen-bond acceptors (Lipinski definition) is 2. The fraction of sp³-hybridized carbons (Fsp3) is 0.647. The molecule has 1 heterocycles. The first kappa shape index (κ1) is 14.2. The minimum atomic E-state index is -0.115. The van der Waals surface area contributed by atoms with Gasteiger partial charge < -0.3 is 9.84 Å². The number of ether oxygens (including phenoxy) is 1. The predicted octanol–water partition coefficient (Wildman–Crippen LogP) is 4.41. The second-order valence-corrected chi connectivity index (χ2v) is 7.39. The Morgan fingerprint density at radius 2 is 1.68 bits per heavy atom. The molecule has 1 aliphatic rings. The molecule has 1 aromatic rings. The molecule has 2 heteroatoms. The number of rotatable bonds is 0. The van der Waals surface area contributed by atoms with Crippen molar-refractivity contribution in [1.29, 1.82) is 0 Å². The summed E-state index contributed by atoms with van der Waals surface area (Å²) in [6.07, 6.45) is 1.97. The Balaban J connectivity index is 2.73. The highest BCUT2D eigenvalue weighted by Gasteiger charge is 2.33. The molecule has 0 spiro atoms. The highest BCUT2D eigenvalue weighted by Crippen LogP contribution is 2.46. The van der Waals surface area contributed by atoms with Crippen LogP contribution in [-0.2, 0) is 11.8 Å². The molecule has 106 valence electrons. The van der Waals surface area contributed by atoms with Crippen LogP contribution in [0.3, 0.4) is 0 Å². The van der Waals surface area contributed by atoms with Gasteiger partial charge in [-0.2, -0.15) is 0 Å². The highest BCUT2D eigenvalue weighted by atomic mass is 16.5. The fourth-order valence-electron chi connectivity index (χ4n) is 3.13. The topological polar surface area (TPSA) is 29.5 Å². The van der Waals surface area contributed by atoms with Crippen LogP contribution in [0, 0.1) is 13.8 Å². The largest absolute Gasteiger partial charge is 0.507 e. The first-order valence-electron chi connectivity index (χ1n) is 7.09. The second-order valence-electron chi connectivity index (χ2n) is 7.39. The molecule has 0 amide bonds. The maximum absolute atomic E-state index is 10.5. The fourth-order valence-corrected chi connectivity index (χ4v) is 3.13. The van der Waals surface area contributed by atoms with Gasteiger partial charge >= 0.3 is 0 Å². The molecule has 1 aromatic carbocycles. The van der Waals surface area contributed by atoms with Gasteiger partial charge in [0, 0.05) is 11.1 Å². The van der Waals surface area contributed by atoms with E-state index in [2.05, 4.69) is 41.5 Å². The van der Waals surface area contributed by atoms with Crippen molar-refractivity contribution in [3.63, 3.8) is 0 Å². The van der Waals surface area contributed by atoms with Crippen molar-refractivity contribution in [2.45, 2.75) is 72.3 Å². The summed E-state index contributed by atoms with van der Waals surface area (Å²) in [5.41, 5.74) is 4.08. The Hall–Kier alpha value is -1.18. The zero-order valence-corrected chi connectivity index (χ0v) is 13.3. The van der Waals surface area contributed by atoms with Crippen molar-refractivity contribution in [2.75, 3.05) is 0 Å². The number of phenolic OH excluding ortho intramolecular Hbond substituents is 1. The summed E-state index contributed by atoms with van der Waals surface area (Å²) in [4.78, 5) is 0. The van der Waals surface area contributed by atoms with Crippen LogP contribution < -0.4 is 4.74 Å². The maximum atomic E-state index is 10.5. The van der Waals surface area contributed by atoms with Crippen LogP contribution in [0.1, 0.15) is 63.3 Å². The van der Waals surface area contributed by atoms with E-state index in [1.165, 1.54) is 5.56 Å². The average molecular weight is 262 g/mol. The molecular weight excluding hydrogens is 236 g/mol. The van der Waals surface area contributed by atoms with Crippen LogP contribution in [0.25, 0.3) is 0 Å². The van der Waals surface area contributed by atoms with E-state index < -0.39 is 0 Å². The van der Waals surface area contributed by atoms with Crippen LogP contribution in [-0.4, -0.2) is 10.7 Å². The van der Waals surface area contributed by atoms with E-state index in [-0.39, 0.29) is 11.0 Å². The van der Waals surface area contributed by atoms with Crippen LogP contribution in [0.2, 0.25) is 0 Å². The van der Waals surface area contributed by atoms with E-state index in [0.29, 0.717) is 5.75 Å². The summed E-state index contributed by atoms with van der Waals surface area (Å²) in [6.45, 7) is 14.7. The van der Waals surface area contributed by atoms with Crippen LogP contribution in [0.5, 0.6) is 11.5 Å². The number of phenols is 1. The van der Waals surface area contributed by atoms with Gasteiger partial charge in [0.05, 0.1) is 0 Å². The molecule has 0 fully saturated rings. The standard InChI is InChI=1S/C17H26O2/c1-10-12-8-9-17(6,7)19-15(12)11(2)13(14(10)18)16(3,4)5/h18H,8-9H2,1-7H3. The van der Waals surface area contributed by atoms with Crippen molar-refractivity contribution in [3.8, 4) is 11.5 Å². The highest BCUT2D eigenvalue weighted by molar-refractivity contribution is 5.60. The Labute approximate surface area is 116 Å². The third kappa shape index (κ3) is 2.33. The lowest BCUT2D eigenvalue weighted by Crippen LogP contribution is -2.34. The molecule has 0 aliphatic carbocycles. The zero-order valence-electron chi connectivity index (χ0n) is 13.3. The summed E-state index contributed by atoms with van der Waals surface area (Å²) in [7, 11) is 0. The van der Waals surface area contributed by atoms with Gasteiger partial charge in [0.1, 0.15) is 17.1 Å². The summed E-state index contributed by atoms with van der Waals surface area (Å²) in [6, 6.07) is 0. The SMILES string of the molecule is Cc1c(O)c(C(C)(C)C)c(C)c2c1CCC(C)(C)O2. The van der Waals surface area contributed by atoms with E-state index in [0.717, 1.165) is 35.3 Å². The van der Waals surface area contributed by atoms with Crippen LogP contribution in [0.4, 0.5) is 0 Å². The second kappa shape index (κ2) is 4.16. The van der Waals surface area contributed by atoms with Crippen molar-refractivity contribution >= 4 is 0 Å². The van der Waals surface area contributed by atoms with Gasteiger partial charge in [0.15, 0.2) is 0 Å². The Morgan fingerprint density at radius 3 is 2.21 bits per heavy atom. The van der Waals surface area contributed by atoms with Gasteiger partial charge in [-0.25, -0.2) is 0 Å². The van der Waals surface area contributed by atoms with Crippen molar-refractivity contribution in [1.82, 2.24) is 0 Å². The smallest absolute Gasteiger partial charge is 0.127 e. The van der Waals surface area contributed by atoms with Gasteiger partial charge in [0.2, 0.25) is 0 Å². The molecule has 1 N–H and O–H groups in total. The molecule has 0 atom stereocenters. The summed E-state index contributed by atoms with van der Waals surface area (Å²) >= 11 is 0. The van der Waals surface area contributed by atoms with Crippen molar-refractivity contribution < 1.29 is 9.84 Å². The maximum Gasteiger partial charge on any atom is 0.127 e. The molecule has 0 saturated heterocycles. The van der Waals surface area contributed by atoms with Crippen molar-refractivity contribution in [3.05, 3.63) is 22.3 Å². The summed E-state index contributed by atoms with van der Waals surface area (Å²) < 4.78 is 6.21. The molecule has 0 unspecified atom stereocenters. The molecule has 0 bridgehead atoms. The molecule has 1 aliphatic heterocycles. The lowest BCUT2D eigenvalue weighted by molar-refractivity contribution is 0.0829. The minimum Gasteiger partial charge on any atom is -0.507 e. The van der Waals surface area contributed by atoms with E-state index in [1.54, 1.807) is 0 Å². The van der Waals surface area contributed by atoms with E-state index in [1.807, 2.05) is 6.92 Å². The molecular formula is C17H26O2. The molecule has 19 heavy (non-hydrogen) atoms. The lowest BCUT2D eigenvalue weighted by Gasteiger charge is -2.37. The number of fused-ring (bicyclic) bond motifs is 1. The Morgan fingerprint density at radius 1 is 1.11 bits per heavy atom. The predicted molar refractivity (Wildman–Crippen MR) is 79.3 cm³/mol.